The summed E-state index contributed by atoms with van der Waals surface area (Å²) >= 11 is 0. The standard InChI is InChI=1S/C11H19N3O2.2H2/c1-3-8(2)14-6-4-5-11(7-14)9(15)12-10(16)13-11;;/h8H,3-7H2,1-2H3,(H2,12,13,15,16);2*1H. The Kier molecular flexibility index (Phi) is 2.88. The molecule has 16 heavy (non-hydrogen) atoms. The summed E-state index contributed by atoms with van der Waals surface area (Å²) in [5.41, 5.74) is -0.668. The molecule has 0 aromatic carbocycles. The van der Waals surface area contributed by atoms with Crippen molar-refractivity contribution in [3.63, 3.8) is 0 Å². The maximum Gasteiger partial charge on any atom is 0.322 e. The summed E-state index contributed by atoms with van der Waals surface area (Å²) in [7, 11) is 0. The van der Waals surface area contributed by atoms with E-state index >= 15 is 0 Å². The van der Waals surface area contributed by atoms with Crippen molar-refractivity contribution in [2.24, 2.45) is 0 Å². The fourth-order valence-electron chi connectivity index (χ4n) is 2.54. The zero-order chi connectivity index (χ0) is 11.8. The van der Waals surface area contributed by atoms with Gasteiger partial charge in [-0.15, -0.1) is 0 Å². The first-order valence-electron chi connectivity index (χ1n) is 5.95. The van der Waals surface area contributed by atoms with Crippen LogP contribution in [0.5, 0.6) is 0 Å². The molecule has 2 aliphatic heterocycles. The Morgan fingerprint density at radius 3 is 2.88 bits per heavy atom. The molecule has 3 amide bonds. The van der Waals surface area contributed by atoms with Crippen molar-refractivity contribution in [2.75, 3.05) is 13.1 Å². The summed E-state index contributed by atoms with van der Waals surface area (Å²) in [4.78, 5) is 25.3. The molecule has 2 unspecified atom stereocenters. The summed E-state index contributed by atoms with van der Waals surface area (Å²) < 4.78 is 0. The van der Waals surface area contributed by atoms with E-state index in [1.165, 1.54) is 0 Å². The summed E-state index contributed by atoms with van der Waals surface area (Å²) in [6, 6.07) is 0.110. The first-order valence-corrected chi connectivity index (χ1v) is 5.95. The lowest BCUT2D eigenvalue weighted by Gasteiger charge is -2.40. The zero-order valence-electron chi connectivity index (χ0n) is 9.88. The van der Waals surface area contributed by atoms with Crippen LogP contribution in [0.15, 0.2) is 0 Å². The van der Waals surface area contributed by atoms with Gasteiger partial charge >= 0.3 is 6.03 Å². The van der Waals surface area contributed by atoms with Gasteiger partial charge in [-0.3, -0.25) is 15.0 Å². The van der Waals surface area contributed by atoms with Crippen molar-refractivity contribution in [3.8, 4) is 0 Å². The molecule has 2 heterocycles. The van der Waals surface area contributed by atoms with Gasteiger partial charge in [0.1, 0.15) is 5.54 Å². The number of piperidine rings is 1. The summed E-state index contributed by atoms with van der Waals surface area (Å²) in [5.74, 6) is -0.162. The molecule has 1 spiro atoms. The molecule has 94 valence electrons. The van der Waals surface area contributed by atoms with E-state index < -0.39 is 5.54 Å². The molecule has 2 fully saturated rings. The fourth-order valence-corrected chi connectivity index (χ4v) is 2.54. The Morgan fingerprint density at radius 2 is 2.31 bits per heavy atom. The van der Waals surface area contributed by atoms with Gasteiger partial charge in [-0.05, 0) is 32.7 Å². The molecule has 2 rings (SSSR count). The van der Waals surface area contributed by atoms with E-state index in [0.717, 1.165) is 25.8 Å². The summed E-state index contributed by atoms with van der Waals surface area (Å²) in [5, 5.41) is 5.13. The van der Waals surface area contributed by atoms with Crippen molar-refractivity contribution >= 4 is 11.9 Å². The van der Waals surface area contributed by atoms with Crippen LogP contribution in [0.3, 0.4) is 0 Å². The van der Waals surface area contributed by atoms with E-state index in [9.17, 15) is 9.59 Å². The van der Waals surface area contributed by atoms with Crippen molar-refractivity contribution < 1.29 is 12.4 Å². The molecule has 0 saturated carbocycles. The SMILES string of the molecule is CCC(C)N1CCCC2(C1)NC(=O)NC2=O.[HH].[HH]. The number of hydrogen-bond acceptors (Lipinski definition) is 3. The van der Waals surface area contributed by atoms with Crippen LogP contribution in [0.25, 0.3) is 0 Å². The molecule has 0 aliphatic carbocycles. The van der Waals surface area contributed by atoms with Crippen LogP contribution in [-0.2, 0) is 4.79 Å². The molecule has 5 heteroatoms. The number of urea groups is 1. The van der Waals surface area contributed by atoms with Gasteiger partial charge in [0, 0.05) is 15.4 Å². The minimum atomic E-state index is -0.668. The Balaban J connectivity index is 0.00000144. The maximum absolute atomic E-state index is 11.8. The van der Waals surface area contributed by atoms with Gasteiger partial charge in [0.15, 0.2) is 0 Å². The number of nitrogens with one attached hydrogen (secondary N) is 2. The smallest absolute Gasteiger partial charge is 0.322 e. The van der Waals surface area contributed by atoms with Crippen LogP contribution in [0, 0.1) is 0 Å². The second-order valence-electron chi connectivity index (χ2n) is 4.82. The molecule has 2 N–H and O–H groups in total. The number of amides is 3. The lowest BCUT2D eigenvalue weighted by atomic mass is 9.88. The van der Waals surface area contributed by atoms with E-state index in [4.69, 9.17) is 0 Å². The van der Waals surface area contributed by atoms with Crippen molar-refractivity contribution in [2.45, 2.75) is 44.7 Å². The van der Waals surface area contributed by atoms with Gasteiger partial charge in [-0.1, -0.05) is 6.92 Å². The monoisotopic (exact) mass is 229 g/mol. The molecule has 0 aromatic heterocycles. The Labute approximate surface area is 98.5 Å². The third kappa shape index (κ3) is 1.80. The number of rotatable bonds is 2. The minimum Gasteiger partial charge on any atom is -0.322 e. The van der Waals surface area contributed by atoms with Crippen LogP contribution in [0.2, 0.25) is 0 Å². The Morgan fingerprint density at radius 1 is 1.56 bits per heavy atom. The number of carbonyl (C=O) groups excluding carboxylic acids is 2. The summed E-state index contributed by atoms with van der Waals surface area (Å²) in [6.45, 7) is 5.95. The molecule has 2 atom stereocenters. The third-order valence-electron chi connectivity index (χ3n) is 3.75. The zero-order valence-corrected chi connectivity index (χ0v) is 9.88. The van der Waals surface area contributed by atoms with Crippen LogP contribution in [0.1, 0.15) is 36.0 Å². The van der Waals surface area contributed by atoms with Crippen molar-refractivity contribution in [1.29, 1.82) is 0 Å². The van der Waals surface area contributed by atoms with Crippen LogP contribution in [-0.4, -0.2) is 41.5 Å². The van der Waals surface area contributed by atoms with Crippen LogP contribution >= 0.6 is 0 Å². The van der Waals surface area contributed by atoms with Gasteiger partial charge in [0.05, 0.1) is 0 Å². The van der Waals surface area contributed by atoms with E-state index in [0.29, 0.717) is 12.6 Å². The topological polar surface area (TPSA) is 61.4 Å². The maximum atomic E-state index is 11.8. The van der Waals surface area contributed by atoms with E-state index in [1.54, 1.807) is 0 Å². The molecule has 0 radical (unpaired) electrons. The quantitative estimate of drug-likeness (QED) is 0.693. The molecular weight excluding hydrogens is 206 g/mol. The minimum absolute atomic E-state index is 0. The highest BCUT2D eigenvalue weighted by Crippen LogP contribution is 2.26. The lowest BCUT2D eigenvalue weighted by molar-refractivity contribution is -0.126. The predicted molar refractivity (Wildman–Crippen MR) is 64.2 cm³/mol. The highest BCUT2D eigenvalue weighted by atomic mass is 16.2. The first-order chi connectivity index (χ1) is 7.57. The van der Waals surface area contributed by atoms with Crippen LogP contribution in [0.4, 0.5) is 4.79 Å². The summed E-state index contributed by atoms with van der Waals surface area (Å²) in [6.07, 6.45) is 2.77. The third-order valence-corrected chi connectivity index (χ3v) is 3.75. The normalized spacial score (nSPS) is 32.6. The van der Waals surface area contributed by atoms with Gasteiger partial charge < -0.3 is 5.32 Å². The van der Waals surface area contributed by atoms with Crippen molar-refractivity contribution in [1.82, 2.24) is 15.5 Å². The number of carbonyl (C=O) groups is 2. The van der Waals surface area contributed by atoms with E-state index in [2.05, 4.69) is 29.4 Å². The highest BCUT2D eigenvalue weighted by molar-refractivity contribution is 6.07. The largest absolute Gasteiger partial charge is 0.322 e. The fraction of sp³-hybridized carbons (Fsp3) is 0.818. The van der Waals surface area contributed by atoms with Crippen LogP contribution < -0.4 is 10.6 Å². The van der Waals surface area contributed by atoms with Crippen molar-refractivity contribution in [3.05, 3.63) is 0 Å². The van der Waals surface area contributed by atoms with Gasteiger partial charge in [0.2, 0.25) is 0 Å². The highest BCUT2D eigenvalue weighted by Gasteiger charge is 2.48. The number of likely N-dealkylation sites (tertiary alicyclic amines) is 1. The average molecular weight is 229 g/mol. The average Bonchev–Trinajstić information content (AvgIpc) is 2.52. The van der Waals surface area contributed by atoms with E-state index in [1.807, 2.05) is 0 Å². The van der Waals surface area contributed by atoms with Gasteiger partial charge in [-0.25, -0.2) is 4.79 Å². The Hall–Kier alpha value is -1.10. The number of hydrogen-bond donors (Lipinski definition) is 2. The van der Waals surface area contributed by atoms with Gasteiger partial charge in [0.25, 0.3) is 5.91 Å². The molecule has 5 nitrogen and oxygen atoms in total. The Bertz CT molecular complexity index is 327. The molecule has 2 aliphatic rings. The predicted octanol–water partition coefficient (Wildman–Crippen LogP) is 0.951. The second kappa shape index (κ2) is 4.05. The lowest BCUT2D eigenvalue weighted by Crippen LogP contribution is -2.59. The molecule has 0 aromatic rings. The first kappa shape index (κ1) is 11.4. The van der Waals surface area contributed by atoms with Gasteiger partial charge in [-0.2, -0.15) is 0 Å². The van der Waals surface area contributed by atoms with E-state index in [-0.39, 0.29) is 14.8 Å². The molecule has 2 saturated heterocycles. The molecule has 0 bridgehead atoms. The number of nitrogens with zero attached hydrogens (tertiary/aromatic N) is 1. The second-order valence-corrected chi connectivity index (χ2v) is 4.82. The number of imide groups is 1. The molecular formula is C11H23N3O2.